The first-order valence-electron chi connectivity index (χ1n) is 7.12. The van der Waals surface area contributed by atoms with Crippen LogP contribution in [0.3, 0.4) is 0 Å². The predicted octanol–water partition coefficient (Wildman–Crippen LogP) is 4.69. The highest BCUT2D eigenvalue weighted by molar-refractivity contribution is 5.95. The molecule has 2 heteroatoms. The lowest BCUT2D eigenvalue weighted by Gasteiger charge is -2.25. The summed E-state index contributed by atoms with van der Waals surface area (Å²) in [4.78, 5) is 0. The van der Waals surface area contributed by atoms with Gasteiger partial charge in [0.25, 0.3) is 0 Å². The molecular weight excluding hydrogens is 232 g/mol. The molecule has 0 spiro atoms. The highest BCUT2D eigenvalue weighted by atomic mass is 14.6. The van der Waals surface area contributed by atoms with Crippen molar-refractivity contribution in [1.29, 1.82) is 5.41 Å². The van der Waals surface area contributed by atoms with Gasteiger partial charge in [-0.05, 0) is 50.0 Å². The molecule has 0 aliphatic rings. The van der Waals surface area contributed by atoms with E-state index in [9.17, 15) is 0 Å². The first-order valence-corrected chi connectivity index (χ1v) is 7.12. The molecule has 3 N–H and O–H groups in total. The molecule has 0 aromatic rings. The Hall–Kier alpha value is -1.31. The Balaban J connectivity index is 5.14. The van der Waals surface area contributed by atoms with Gasteiger partial charge in [-0.3, -0.25) is 0 Å². The summed E-state index contributed by atoms with van der Waals surface area (Å²) < 4.78 is 0. The number of hydrogen-bond acceptors (Lipinski definition) is 2. The van der Waals surface area contributed by atoms with E-state index in [1.54, 1.807) is 6.92 Å². The normalized spacial score (nSPS) is 17.7. The fourth-order valence-electron chi connectivity index (χ4n) is 2.13. The van der Waals surface area contributed by atoms with Crippen LogP contribution in [-0.4, -0.2) is 5.71 Å². The van der Waals surface area contributed by atoms with Crippen molar-refractivity contribution in [2.24, 2.45) is 23.5 Å². The lowest BCUT2D eigenvalue weighted by molar-refractivity contribution is 0.469. The number of rotatable bonds is 8. The third-order valence-electron chi connectivity index (χ3n) is 3.80. The van der Waals surface area contributed by atoms with E-state index in [0.717, 1.165) is 12.8 Å². The van der Waals surface area contributed by atoms with Gasteiger partial charge in [0.2, 0.25) is 0 Å². The zero-order valence-corrected chi connectivity index (χ0v) is 13.2. The van der Waals surface area contributed by atoms with Crippen molar-refractivity contribution in [2.45, 2.75) is 47.5 Å². The molecular formula is C17H30N2. The molecule has 0 radical (unpaired) electrons. The van der Waals surface area contributed by atoms with Crippen LogP contribution in [0.4, 0.5) is 0 Å². The number of nitrogens with one attached hydrogen (secondary N) is 1. The quantitative estimate of drug-likeness (QED) is 0.484. The van der Waals surface area contributed by atoms with Crippen molar-refractivity contribution in [3.63, 3.8) is 0 Å². The second-order valence-corrected chi connectivity index (χ2v) is 5.56. The van der Waals surface area contributed by atoms with Crippen LogP contribution >= 0.6 is 0 Å². The van der Waals surface area contributed by atoms with Crippen LogP contribution in [0.1, 0.15) is 47.5 Å². The summed E-state index contributed by atoms with van der Waals surface area (Å²) in [5.74, 6) is 1.26. The summed E-state index contributed by atoms with van der Waals surface area (Å²) in [6, 6.07) is 0. The minimum Gasteiger partial charge on any atom is -0.397 e. The molecule has 3 atom stereocenters. The monoisotopic (exact) mass is 262 g/mol. The maximum absolute atomic E-state index is 7.78. The van der Waals surface area contributed by atoms with Crippen molar-refractivity contribution < 1.29 is 0 Å². The predicted molar refractivity (Wildman–Crippen MR) is 86.4 cm³/mol. The van der Waals surface area contributed by atoms with Crippen LogP contribution in [-0.2, 0) is 0 Å². The van der Waals surface area contributed by atoms with Crippen LogP contribution in [0.5, 0.6) is 0 Å². The highest BCUT2D eigenvalue weighted by Gasteiger charge is 2.19. The maximum atomic E-state index is 7.78. The molecule has 0 aromatic heterocycles. The summed E-state index contributed by atoms with van der Waals surface area (Å²) in [6.07, 6.45) is 8.25. The van der Waals surface area contributed by atoms with Crippen molar-refractivity contribution >= 4 is 5.71 Å². The van der Waals surface area contributed by atoms with Gasteiger partial charge in [0.1, 0.15) is 0 Å². The fourth-order valence-corrected chi connectivity index (χ4v) is 2.13. The molecule has 0 aliphatic heterocycles. The Labute approximate surface area is 119 Å². The van der Waals surface area contributed by atoms with Crippen molar-refractivity contribution in [1.82, 2.24) is 0 Å². The molecule has 19 heavy (non-hydrogen) atoms. The second kappa shape index (κ2) is 8.73. The summed E-state index contributed by atoms with van der Waals surface area (Å²) in [6.45, 7) is 14.2. The second-order valence-electron chi connectivity index (χ2n) is 5.56. The SMILES string of the molecule is C=CC(C)C(C)/C(CC(C)C/C=C/C)=C(\N)C(C)=N. The standard InChI is InChI=1S/C17H30N2/c1-7-9-10-12(3)11-16(17(19)15(6)18)14(5)13(4)8-2/h7-9,12-14,18H,2,10-11,19H2,1,3-6H3/b9-7+,17-16-,18-15?. The zero-order chi connectivity index (χ0) is 15.0. The van der Waals surface area contributed by atoms with Gasteiger partial charge in [-0.2, -0.15) is 0 Å². The van der Waals surface area contributed by atoms with Crippen LogP contribution in [0.2, 0.25) is 0 Å². The largest absolute Gasteiger partial charge is 0.397 e. The van der Waals surface area contributed by atoms with Crippen LogP contribution in [0, 0.1) is 23.2 Å². The molecule has 0 aliphatic carbocycles. The van der Waals surface area contributed by atoms with Gasteiger partial charge in [-0.15, -0.1) is 6.58 Å². The number of nitrogens with two attached hydrogens (primary N) is 1. The summed E-state index contributed by atoms with van der Waals surface area (Å²) in [5.41, 5.74) is 8.47. The number of hydrogen-bond donors (Lipinski definition) is 2. The Morgan fingerprint density at radius 3 is 2.32 bits per heavy atom. The Morgan fingerprint density at radius 1 is 1.32 bits per heavy atom. The lowest BCUT2D eigenvalue weighted by atomic mass is 9.81. The topological polar surface area (TPSA) is 49.9 Å². The summed E-state index contributed by atoms with van der Waals surface area (Å²) in [5, 5.41) is 7.78. The molecule has 0 aromatic carbocycles. The van der Waals surface area contributed by atoms with E-state index in [4.69, 9.17) is 11.1 Å². The highest BCUT2D eigenvalue weighted by Crippen LogP contribution is 2.29. The van der Waals surface area contributed by atoms with Gasteiger partial charge < -0.3 is 11.1 Å². The van der Waals surface area contributed by atoms with Crippen LogP contribution in [0.25, 0.3) is 0 Å². The van der Waals surface area contributed by atoms with Gasteiger partial charge in [0.15, 0.2) is 0 Å². The molecule has 0 saturated carbocycles. The van der Waals surface area contributed by atoms with Crippen molar-refractivity contribution in [3.05, 3.63) is 36.1 Å². The fraction of sp³-hybridized carbons (Fsp3) is 0.588. The first kappa shape index (κ1) is 17.7. The van der Waals surface area contributed by atoms with E-state index >= 15 is 0 Å². The molecule has 0 bridgehead atoms. The minimum absolute atomic E-state index is 0.339. The summed E-state index contributed by atoms with van der Waals surface area (Å²) in [7, 11) is 0. The smallest absolute Gasteiger partial charge is 0.0517 e. The molecule has 0 heterocycles. The van der Waals surface area contributed by atoms with E-state index in [2.05, 4.69) is 39.5 Å². The number of allylic oxidation sites excluding steroid dienone is 5. The van der Waals surface area contributed by atoms with E-state index in [1.165, 1.54) is 5.57 Å². The molecule has 0 fully saturated rings. The Bertz CT molecular complexity index is 363. The van der Waals surface area contributed by atoms with Gasteiger partial charge in [0.05, 0.1) is 11.4 Å². The van der Waals surface area contributed by atoms with E-state index in [-0.39, 0.29) is 0 Å². The third-order valence-corrected chi connectivity index (χ3v) is 3.80. The Morgan fingerprint density at radius 2 is 1.89 bits per heavy atom. The molecule has 108 valence electrons. The summed E-state index contributed by atoms with van der Waals surface area (Å²) >= 11 is 0. The first-order chi connectivity index (χ1) is 8.84. The van der Waals surface area contributed by atoms with Gasteiger partial charge in [0, 0.05) is 0 Å². The molecule has 3 unspecified atom stereocenters. The van der Waals surface area contributed by atoms with Gasteiger partial charge in [-0.1, -0.05) is 39.0 Å². The van der Waals surface area contributed by atoms with Crippen molar-refractivity contribution in [2.75, 3.05) is 0 Å². The zero-order valence-electron chi connectivity index (χ0n) is 13.2. The maximum Gasteiger partial charge on any atom is 0.0517 e. The minimum atomic E-state index is 0.339. The molecule has 0 amide bonds. The lowest BCUT2D eigenvalue weighted by Crippen LogP contribution is -2.20. The van der Waals surface area contributed by atoms with Crippen LogP contribution < -0.4 is 5.73 Å². The van der Waals surface area contributed by atoms with Crippen molar-refractivity contribution in [3.8, 4) is 0 Å². The third kappa shape index (κ3) is 5.91. The molecule has 0 rings (SSSR count). The van der Waals surface area contributed by atoms with E-state index < -0.39 is 0 Å². The van der Waals surface area contributed by atoms with E-state index in [1.807, 2.05) is 13.0 Å². The van der Waals surface area contributed by atoms with Crippen LogP contribution in [0.15, 0.2) is 36.1 Å². The van der Waals surface area contributed by atoms with Gasteiger partial charge in [-0.25, -0.2) is 0 Å². The van der Waals surface area contributed by atoms with E-state index in [0.29, 0.717) is 29.2 Å². The molecule has 2 nitrogen and oxygen atoms in total. The van der Waals surface area contributed by atoms with Gasteiger partial charge >= 0.3 is 0 Å². The average Bonchev–Trinajstić information content (AvgIpc) is 2.39. The average molecular weight is 262 g/mol. The molecule has 0 saturated heterocycles. The Kier molecular flexibility index (Phi) is 8.13.